The quantitative estimate of drug-likeness (QED) is 0.745. The summed E-state index contributed by atoms with van der Waals surface area (Å²) in [4.78, 5) is 17.5. The van der Waals surface area contributed by atoms with Crippen LogP contribution in [0.3, 0.4) is 0 Å². The molecule has 0 aliphatic carbocycles. The lowest BCUT2D eigenvalue weighted by Gasteiger charge is -2.38. The van der Waals surface area contributed by atoms with Crippen LogP contribution in [0.5, 0.6) is 0 Å². The third kappa shape index (κ3) is 3.68. The first-order valence-electron chi connectivity index (χ1n) is 7.82. The van der Waals surface area contributed by atoms with Crippen LogP contribution in [-0.4, -0.2) is 54.3 Å². The number of ketones is 1. The molecule has 0 spiro atoms. The molecule has 110 valence electrons. The largest absolute Gasteiger partial charge is 0.301 e. The number of rotatable bonds is 6. The summed E-state index contributed by atoms with van der Waals surface area (Å²) in [5, 5.41) is 0. The predicted octanol–water partition coefficient (Wildman–Crippen LogP) is 2.68. The van der Waals surface area contributed by atoms with Gasteiger partial charge in [0.15, 0.2) is 5.78 Å². The second-order valence-corrected chi connectivity index (χ2v) is 5.53. The lowest BCUT2D eigenvalue weighted by Crippen LogP contribution is -2.52. The average molecular weight is 274 g/mol. The van der Waals surface area contributed by atoms with Crippen molar-refractivity contribution in [2.75, 3.05) is 32.7 Å². The van der Waals surface area contributed by atoms with Gasteiger partial charge in [-0.3, -0.25) is 9.69 Å². The Morgan fingerprint density at radius 3 is 2.30 bits per heavy atom. The first kappa shape index (κ1) is 15.2. The SMILES string of the molecule is CCCN1CCN(C(CC)C(=O)c2ccccc2)CC1. The van der Waals surface area contributed by atoms with E-state index in [2.05, 4.69) is 23.6 Å². The first-order valence-corrected chi connectivity index (χ1v) is 7.82. The Balaban J connectivity index is 1.97. The molecule has 0 bridgehead atoms. The molecule has 20 heavy (non-hydrogen) atoms. The van der Waals surface area contributed by atoms with Crippen molar-refractivity contribution in [3.63, 3.8) is 0 Å². The van der Waals surface area contributed by atoms with Gasteiger partial charge in [-0.2, -0.15) is 0 Å². The Hall–Kier alpha value is -1.19. The molecular weight excluding hydrogens is 248 g/mol. The van der Waals surface area contributed by atoms with Crippen LogP contribution in [0.15, 0.2) is 30.3 Å². The van der Waals surface area contributed by atoms with Crippen molar-refractivity contribution in [3.8, 4) is 0 Å². The third-order valence-electron chi connectivity index (χ3n) is 4.14. The Morgan fingerprint density at radius 1 is 1.10 bits per heavy atom. The fourth-order valence-corrected chi connectivity index (χ4v) is 3.02. The zero-order valence-electron chi connectivity index (χ0n) is 12.7. The lowest BCUT2D eigenvalue weighted by molar-refractivity contribution is 0.0658. The molecule has 3 heteroatoms. The van der Waals surface area contributed by atoms with Gasteiger partial charge in [-0.15, -0.1) is 0 Å². The standard InChI is InChI=1S/C17H26N2O/c1-3-10-18-11-13-19(14-12-18)16(4-2)17(20)15-8-6-5-7-9-15/h5-9,16H,3-4,10-14H2,1-2H3. The number of carbonyl (C=O) groups is 1. The van der Waals surface area contributed by atoms with Gasteiger partial charge in [-0.1, -0.05) is 44.2 Å². The van der Waals surface area contributed by atoms with E-state index in [0.29, 0.717) is 0 Å². The average Bonchev–Trinajstić information content (AvgIpc) is 2.51. The van der Waals surface area contributed by atoms with Crippen molar-refractivity contribution in [1.29, 1.82) is 0 Å². The van der Waals surface area contributed by atoms with Gasteiger partial charge in [0.1, 0.15) is 0 Å². The highest BCUT2D eigenvalue weighted by Gasteiger charge is 2.27. The molecule has 1 aliphatic rings. The molecule has 1 atom stereocenters. The highest BCUT2D eigenvalue weighted by molar-refractivity contribution is 6.00. The van der Waals surface area contributed by atoms with Crippen LogP contribution < -0.4 is 0 Å². The molecule has 2 rings (SSSR count). The number of benzene rings is 1. The number of hydrogen-bond donors (Lipinski definition) is 0. The van der Waals surface area contributed by atoms with Crippen LogP contribution in [0.4, 0.5) is 0 Å². The van der Waals surface area contributed by atoms with E-state index in [4.69, 9.17) is 0 Å². The summed E-state index contributed by atoms with van der Waals surface area (Å²) >= 11 is 0. The van der Waals surface area contributed by atoms with Gasteiger partial charge in [0.2, 0.25) is 0 Å². The van der Waals surface area contributed by atoms with Gasteiger partial charge < -0.3 is 4.90 Å². The highest BCUT2D eigenvalue weighted by atomic mass is 16.1. The molecule has 0 N–H and O–H groups in total. The summed E-state index contributed by atoms with van der Waals surface area (Å²) in [7, 11) is 0. The van der Waals surface area contributed by atoms with E-state index in [1.54, 1.807) is 0 Å². The van der Waals surface area contributed by atoms with E-state index in [0.717, 1.165) is 38.2 Å². The maximum Gasteiger partial charge on any atom is 0.179 e. The molecular formula is C17H26N2O. The summed E-state index contributed by atoms with van der Waals surface area (Å²) in [6.45, 7) is 9.72. The zero-order valence-corrected chi connectivity index (χ0v) is 12.7. The Labute approximate surface area is 122 Å². The first-order chi connectivity index (χ1) is 9.76. The van der Waals surface area contributed by atoms with Crippen LogP contribution in [0.2, 0.25) is 0 Å². The fraction of sp³-hybridized carbons (Fsp3) is 0.588. The molecule has 0 aromatic heterocycles. The minimum absolute atomic E-state index is 0.0428. The molecule has 1 heterocycles. The van der Waals surface area contributed by atoms with Gasteiger partial charge in [0, 0.05) is 31.7 Å². The number of carbonyl (C=O) groups excluding carboxylic acids is 1. The molecule has 1 saturated heterocycles. The zero-order chi connectivity index (χ0) is 14.4. The maximum absolute atomic E-state index is 12.6. The molecule has 0 amide bonds. The highest BCUT2D eigenvalue weighted by Crippen LogP contribution is 2.15. The maximum atomic E-state index is 12.6. The summed E-state index contributed by atoms with van der Waals surface area (Å²) in [6, 6.07) is 9.75. The molecule has 0 saturated carbocycles. The molecule has 1 aromatic rings. The van der Waals surface area contributed by atoms with E-state index >= 15 is 0 Å². The minimum atomic E-state index is 0.0428. The molecule has 3 nitrogen and oxygen atoms in total. The van der Waals surface area contributed by atoms with Gasteiger partial charge in [0.05, 0.1) is 6.04 Å². The summed E-state index contributed by atoms with van der Waals surface area (Å²) < 4.78 is 0. The Bertz CT molecular complexity index is 410. The van der Waals surface area contributed by atoms with Gasteiger partial charge in [-0.25, -0.2) is 0 Å². The van der Waals surface area contributed by atoms with Gasteiger partial charge >= 0.3 is 0 Å². The van der Waals surface area contributed by atoms with Crippen molar-refractivity contribution in [1.82, 2.24) is 9.80 Å². The monoisotopic (exact) mass is 274 g/mol. The van der Waals surface area contributed by atoms with Crippen molar-refractivity contribution < 1.29 is 4.79 Å². The molecule has 1 fully saturated rings. The van der Waals surface area contributed by atoms with E-state index in [9.17, 15) is 4.79 Å². The van der Waals surface area contributed by atoms with Crippen molar-refractivity contribution >= 4 is 5.78 Å². The predicted molar refractivity (Wildman–Crippen MR) is 83.2 cm³/mol. The van der Waals surface area contributed by atoms with Crippen molar-refractivity contribution in [2.45, 2.75) is 32.7 Å². The van der Waals surface area contributed by atoms with E-state index in [-0.39, 0.29) is 11.8 Å². The number of nitrogens with zero attached hydrogens (tertiary/aromatic N) is 2. The summed E-state index contributed by atoms with van der Waals surface area (Å²) in [6.07, 6.45) is 2.10. The second-order valence-electron chi connectivity index (χ2n) is 5.53. The normalized spacial score (nSPS) is 18.9. The number of hydrogen-bond acceptors (Lipinski definition) is 3. The third-order valence-corrected chi connectivity index (χ3v) is 4.14. The number of piperazine rings is 1. The smallest absolute Gasteiger partial charge is 0.179 e. The second kappa shape index (κ2) is 7.55. The topological polar surface area (TPSA) is 23.6 Å². The molecule has 1 aromatic carbocycles. The van der Waals surface area contributed by atoms with E-state index in [1.807, 2.05) is 30.3 Å². The van der Waals surface area contributed by atoms with Crippen molar-refractivity contribution in [3.05, 3.63) is 35.9 Å². The van der Waals surface area contributed by atoms with Crippen LogP contribution in [0.1, 0.15) is 37.0 Å². The van der Waals surface area contributed by atoms with Crippen LogP contribution >= 0.6 is 0 Å². The summed E-state index contributed by atoms with van der Waals surface area (Å²) in [5.41, 5.74) is 0.843. The van der Waals surface area contributed by atoms with E-state index in [1.165, 1.54) is 13.0 Å². The minimum Gasteiger partial charge on any atom is -0.301 e. The van der Waals surface area contributed by atoms with Gasteiger partial charge in [-0.05, 0) is 19.4 Å². The lowest BCUT2D eigenvalue weighted by atomic mass is 10.00. The van der Waals surface area contributed by atoms with E-state index < -0.39 is 0 Å². The molecule has 1 aliphatic heterocycles. The van der Waals surface area contributed by atoms with Crippen LogP contribution in [-0.2, 0) is 0 Å². The number of Topliss-reactive ketones (excluding diaryl/α,β-unsaturated/α-hetero) is 1. The molecule has 0 radical (unpaired) electrons. The summed E-state index contributed by atoms with van der Waals surface area (Å²) in [5.74, 6) is 0.275. The Morgan fingerprint density at radius 2 is 1.75 bits per heavy atom. The van der Waals surface area contributed by atoms with Crippen molar-refractivity contribution in [2.24, 2.45) is 0 Å². The molecule has 1 unspecified atom stereocenters. The van der Waals surface area contributed by atoms with Crippen LogP contribution in [0.25, 0.3) is 0 Å². The Kier molecular flexibility index (Phi) is 5.74. The van der Waals surface area contributed by atoms with Crippen LogP contribution in [0, 0.1) is 0 Å². The van der Waals surface area contributed by atoms with Gasteiger partial charge in [0.25, 0.3) is 0 Å². The fourth-order valence-electron chi connectivity index (χ4n) is 3.02.